The topological polar surface area (TPSA) is 79.7 Å². The molecular formula is C34H34N2O4S. The SMILES string of the molecule is Cc1nc(-c2ccccc2)sc1C(=O)C1=C(O)C(=O)N(c2ccc(OC(C)C)cc2)C1c1ccc(C(C)(C)C)cc1. The Morgan fingerprint density at radius 2 is 1.61 bits per heavy atom. The fourth-order valence-corrected chi connectivity index (χ4v) is 6.00. The molecule has 5 rings (SSSR count). The molecule has 0 saturated carbocycles. The van der Waals surface area contributed by atoms with E-state index in [0.717, 1.165) is 16.7 Å². The number of ether oxygens (including phenoxy) is 1. The number of Topliss-reactive ketones (excluding diaryl/α,β-unsaturated/α-hetero) is 1. The Balaban J connectivity index is 1.60. The van der Waals surface area contributed by atoms with Gasteiger partial charge < -0.3 is 9.84 Å². The Hall–Kier alpha value is -4.23. The molecule has 0 spiro atoms. The number of benzene rings is 3. The van der Waals surface area contributed by atoms with Crippen molar-refractivity contribution in [3.8, 4) is 16.3 Å². The predicted molar refractivity (Wildman–Crippen MR) is 164 cm³/mol. The maximum absolute atomic E-state index is 14.2. The highest BCUT2D eigenvalue weighted by atomic mass is 32.1. The number of rotatable bonds is 7. The highest BCUT2D eigenvalue weighted by Crippen LogP contribution is 2.44. The molecular weight excluding hydrogens is 532 g/mol. The third-order valence-corrected chi connectivity index (χ3v) is 8.26. The predicted octanol–water partition coefficient (Wildman–Crippen LogP) is 7.99. The highest BCUT2D eigenvalue weighted by molar-refractivity contribution is 7.17. The highest BCUT2D eigenvalue weighted by Gasteiger charge is 2.45. The second kappa shape index (κ2) is 11.0. The molecule has 3 aromatic carbocycles. The summed E-state index contributed by atoms with van der Waals surface area (Å²) in [7, 11) is 0. The number of carbonyl (C=O) groups is 2. The minimum atomic E-state index is -0.817. The third-order valence-electron chi connectivity index (χ3n) is 7.06. The summed E-state index contributed by atoms with van der Waals surface area (Å²) in [5.41, 5.74) is 3.84. The fourth-order valence-electron chi connectivity index (χ4n) is 4.98. The molecule has 0 fully saturated rings. The van der Waals surface area contributed by atoms with Crippen molar-refractivity contribution in [2.75, 3.05) is 4.90 Å². The van der Waals surface area contributed by atoms with Gasteiger partial charge in [0.05, 0.1) is 28.3 Å². The van der Waals surface area contributed by atoms with Gasteiger partial charge in [-0.3, -0.25) is 14.5 Å². The van der Waals surface area contributed by atoms with Gasteiger partial charge in [0.1, 0.15) is 10.8 Å². The van der Waals surface area contributed by atoms with Crippen molar-refractivity contribution >= 4 is 28.7 Å². The van der Waals surface area contributed by atoms with Crippen LogP contribution in [0.3, 0.4) is 0 Å². The molecule has 1 N–H and O–H groups in total. The lowest BCUT2D eigenvalue weighted by molar-refractivity contribution is -0.117. The minimum Gasteiger partial charge on any atom is -0.503 e. The van der Waals surface area contributed by atoms with Crippen molar-refractivity contribution in [2.45, 2.75) is 59.1 Å². The number of hydrogen-bond acceptors (Lipinski definition) is 6. The van der Waals surface area contributed by atoms with Gasteiger partial charge in [0.2, 0.25) is 5.78 Å². The second-order valence-electron chi connectivity index (χ2n) is 11.5. The molecule has 0 radical (unpaired) electrons. The first-order valence-corrected chi connectivity index (χ1v) is 14.5. The van der Waals surface area contributed by atoms with Gasteiger partial charge in [-0.2, -0.15) is 0 Å². The van der Waals surface area contributed by atoms with E-state index in [-0.39, 0.29) is 17.1 Å². The Kier molecular flexibility index (Phi) is 7.58. The normalized spacial score (nSPS) is 15.6. The van der Waals surface area contributed by atoms with Crippen LogP contribution in [-0.4, -0.2) is 27.9 Å². The lowest BCUT2D eigenvalue weighted by Gasteiger charge is -2.28. The van der Waals surface area contributed by atoms with Crippen LogP contribution in [0.15, 0.2) is 90.2 Å². The first-order chi connectivity index (χ1) is 19.5. The van der Waals surface area contributed by atoms with Gasteiger partial charge in [0.25, 0.3) is 5.91 Å². The average Bonchev–Trinajstić information content (AvgIpc) is 3.46. The summed E-state index contributed by atoms with van der Waals surface area (Å²) in [5, 5.41) is 12.0. The Labute approximate surface area is 245 Å². The first kappa shape index (κ1) is 28.3. The lowest BCUT2D eigenvalue weighted by atomic mass is 9.85. The zero-order valence-corrected chi connectivity index (χ0v) is 25.0. The number of aliphatic hydroxyl groups excluding tert-OH is 1. The molecule has 0 bridgehead atoms. The summed E-state index contributed by atoms with van der Waals surface area (Å²) in [5.74, 6) is -0.901. The quantitative estimate of drug-likeness (QED) is 0.229. The van der Waals surface area contributed by atoms with E-state index in [1.807, 2.05) is 68.4 Å². The van der Waals surface area contributed by atoms with Crippen LogP contribution in [0, 0.1) is 6.92 Å². The van der Waals surface area contributed by atoms with Crippen molar-refractivity contribution in [3.63, 3.8) is 0 Å². The standard InChI is InChI=1S/C34H34N2O4S/c1-20(2)40-26-18-16-25(17-19-26)36-28(22-12-14-24(15-13-22)34(4,5)6)27(30(38)33(36)39)29(37)31-21(3)35-32(41-31)23-10-8-7-9-11-23/h7-20,28,38H,1-6H3. The largest absolute Gasteiger partial charge is 0.503 e. The molecule has 7 heteroatoms. The number of aryl methyl sites for hydroxylation is 1. The molecule has 1 unspecified atom stereocenters. The van der Waals surface area contributed by atoms with Crippen molar-refractivity contribution in [1.29, 1.82) is 0 Å². The molecule has 41 heavy (non-hydrogen) atoms. The molecule has 1 atom stereocenters. The van der Waals surface area contributed by atoms with E-state index >= 15 is 0 Å². The van der Waals surface area contributed by atoms with Gasteiger partial charge in [-0.05, 0) is 61.6 Å². The van der Waals surface area contributed by atoms with Crippen molar-refractivity contribution in [2.24, 2.45) is 0 Å². The lowest BCUT2D eigenvalue weighted by Crippen LogP contribution is -2.31. The smallest absolute Gasteiger partial charge is 0.294 e. The zero-order chi connectivity index (χ0) is 29.5. The number of thiazole rings is 1. The molecule has 0 saturated heterocycles. The van der Waals surface area contributed by atoms with Crippen molar-refractivity contribution in [3.05, 3.63) is 112 Å². The summed E-state index contributed by atoms with van der Waals surface area (Å²) in [4.78, 5) is 34.4. The van der Waals surface area contributed by atoms with Gasteiger partial charge in [0, 0.05) is 11.3 Å². The van der Waals surface area contributed by atoms with Crippen molar-refractivity contribution < 1.29 is 19.4 Å². The van der Waals surface area contributed by atoms with Crippen LogP contribution in [0.25, 0.3) is 10.6 Å². The molecule has 1 amide bonds. The summed E-state index contributed by atoms with van der Waals surface area (Å²) in [6.07, 6.45) is 0.00158. The first-order valence-electron chi connectivity index (χ1n) is 13.7. The minimum absolute atomic E-state index is 0.00158. The van der Waals surface area contributed by atoms with E-state index < -0.39 is 23.5 Å². The molecule has 6 nitrogen and oxygen atoms in total. The number of aromatic nitrogens is 1. The van der Waals surface area contributed by atoms with Crippen LogP contribution in [-0.2, 0) is 10.2 Å². The molecule has 1 aliphatic heterocycles. The van der Waals surface area contributed by atoms with Gasteiger partial charge >= 0.3 is 0 Å². The van der Waals surface area contributed by atoms with E-state index in [9.17, 15) is 14.7 Å². The maximum atomic E-state index is 14.2. The number of hydrogen-bond donors (Lipinski definition) is 1. The Morgan fingerprint density at radius 1 is 0.976 bits per heavy atom. The van der Waals surface area contributed by atoms with E-state index in [2.05, 4.69) is 25.8 Å². The summed E-state index contributed by atoms with van der Waals surface area (Å²) in [6.45, 7) is 12.1. The van der Waals surface area contributed by atoms with E-state index in [4.69, 9.17) is 4.74 Å². The van der Waals surface area contributed by atoms with Gasteiger partial charge in [-0.25, -0.2) is 4.98 Å². The summed E-state index contributed by atoms with van der Waals surface area (Å²) in [6, 6.07) is 23.9. The number of aliphatic hydroxyl groups is 1. The Morgan fingerprint density at radius 3 is 2.20 bits per heavy atom. The van der Waals surface area contributed by atoms with Crippen molar-refractivity contribution in [1.82, 2.24) is 4.98 Å². The number of amides is 1. The molecule has 2 heterocycles. The van der Waals surface area contributed by atoms with Crippen LogP contribution in [0.5, 0.6) is 5.75 Å². The van der Waals surface area contributed by atoms with Gasteiger partial charge in [-0.1, -0.05) is 75.4 Å². The Bertz CT molecular complexity index is 1610. The van der Waals surface area contributed by atoms with Gasteiger partial charge in [0.15, 0.2) is 5.76 Å². The molecule has 1 aliphatic rings. The maximum Gasteiger partial charge on any atom is 0.294 e. The van der Waals surface area contributed by atoms with Crippen LogP contribution in [0.1, 0.15) is 67.2 Å². The molecule has 1 aromatic heterocycles. The monoisotopic (exact) mass is 566 g/mol. The summed E-state index contributed by atoms with van der Waals surface area (Å²) < 4.78 is 5.78. The average molecular weight is 567 g/mol. The van der Waals surface area contributed by atoms with Crippen LogP contribution >= 0.6 is 11.3 Å². The van der Waals surface area contributed by atoms with Gasteiger partial charge in [-0.15, -0.1) is 11.3 Å². The van der Waals surface area contributed by atoms with Crippen LogP contribution in [0.2, 0.25) is 0 Å². The summed E-state index contributed by atoms with van der Waals surface area (Å²) >= 11 is 1.27. The number of carbonyl (C=O) groups excluding carboxylic acids is 2. The number of anilines is 1. The zero-order valence-electron chi connectivity index (χ0n) is 24.1. The fraction of sp³-hybridized carbons (Fsp3) is 0.265. The van der Waals surface area contributed by atoms with E-state index in [0.29, 0.717) is 27.0 Å². The van der Waals surface area contributed by atoms with Crippen LogP contribution in [0.4, 0.5) is 5.69 Å². The number of nitrogens with zero attached hydrogens (tertiary/aromatic N) is 2. The molecule has 4 aromatic rings. The van der Waals surface area contributed by atoms with E-state index in [1.165, 1.54) is 16.2 Å². The van der Waals surface area contributed by atoms with Crippen LogP contribution < -0.4 is 9.64 Å². The molecule has 0 aliphatic carbocycles. The number of ketones is 1. The van der Waals surface area contributed by atoms with E-state index in [1.54, 1.807) is 31.2 Å². The third kappa shape index (κ3) is 5.55. The molecule has 210 valence electrons. The second-order valence-corrected chi connectivity index (χ2v) is 12.5.